The van der Waals surface area contributed by atoms with Crippen LogP contribution in [0.1, 0.15) is 18.2 Å². The van der Waals surface area contributed by atoms with Crippen LogP contribution < -0.4 is 0 Å². The van der Waals surface area contributed by atoms with E-state index in [9.17, 15) is 0 Å². The van der Waals surface area contributed by atoms with Gasteiger partial charge < -0.3 is 0 Å². The Kier molecular flexibility index (Phi) is 2.01. The average Bonchev–Trinajstić information content (AvgIpc) is 1.94. The number of rotatable bonds is 0. The second kappa shape index (κ2) is 2.98. The van der Waals surface area contributed by atoms with Crippen LogP contribution in [0.4, 0.5) is 0 Å². The number of aromatic nitrogens is 2. The highest BCUT2D eigenvalue weighted by Gasteiger charge is 1.91. The number of hydrogen-bond donors (Lipinski definition) is 0. The van der Waals surface area contributed by atoms with Gasteiger partial charge in [0.25, 0.3) is 0 Å². The molecular formula is C8H8N2. The van der Waals surface area contributed by atoms with Gasteiger partial charge in [0.1, 0.15) is 12.0 Å². The normalized spacial score (nSPS) is 8.20. The molecule has 2 heteroatoms. The molecule has 2 nitrogen and oxygen atoms in total. The minimum Gasteiger partial charge on any atom is -0.244 e. The fourth-order valence-electron chi connectivity index (χ4n) is 0.648. The Bertz CT molecular complexity index is 281. The lowest BCUT2D eigenvalue weighted by atomic mass is 10.2. The summed E-state index contributed by atoms with van der Waals surface area (Å²) in [5, 5.41) is 0. The van der Waals surface area contributed by atoms with Gasteiger partial charge in [0.15, 0.2) is 0 Å². The van der Waals surface area contributed by atoms with Crippen molar-refractivity contribution in [2.45, 2.75) is 13.8 Å². The quantitative estimate of drug-likeness (QED) is 0.495. The van der Waals surface area contributed by atoms with Gasteiger partial charge in [0.05, 0.1) is 0 Å². The molecular weight excluding hydrogens is 124 g/mol. The summed E-state index contributed by atoms with van der Waals surface area (Å²) in [5.41, 5.74) is 1.84. The van der Waals surface area contributed by atoms with Gasteiger partial charge in [-0.2, -0.15) is 0 Å². The van der Waals surface area contributed by atoms with Crippen molar-refractivity contribution < 1.29 is 0 Å². The summed E-state index contributed by atoms with van der Waals surface area (Å²) in [6.07, 6.45) is 3.26. The molecule has 1 heterocycles. The number of hydrogen-bond acceptors (Lipinski definition) is 2. The molecule has 0 aromatic carbocycles. The van der Waals surface area contributed by atoms with Gasteiger partial charge in [-0.25, -0.2) is 9.97 Å². The zero-order chi connectivity index (χ0) is 7.40. The molecule has 0 bridgehead atoms. The van der Waals surface area contributed by atoms with E-state index in [1.807, 2.05) is 6.92 Å². The molecule has 0 radical (unpaired) electrons. The van der Waals surface area contributed by atoms with Crippen molar-refractivity contribution >= 4 is 0 Å². The van der Waals surface area contributed by atoms with E-state index in [1.165, 1.54) is 6.33 Å². The maximum Gasteiger partial charge on any atom is 0.119 e. The Labute approximate surface area is 60.3 Å². The number of nitrogens with zero attached hydrogens (tertiary/aromatic N) is 2. The van der Waals surface area contributed by atoms with Crippen LogP contribution in [0.15, 0.2) is 12.5 Å². The third-order valence-electron chi connectivity index (χ3n) is 1.14. The van der Waals surface area contributed by atoms with Gasteiger partial charge in [-0.05, 0) is 19.8 Å². The molecule has 0 aliphatic rings. The fourth-order valence-corrected chi connectivity index (χ4v) is 0.648. The molecule has 0 saturated carbocycles. The van der Waals surface area contributed by atoms with E-state index in [0.29, 0.717) is 0 Å². The summed E-state index contributed by atoms with van der Waals surface area (Å²) in [5.74, 6) is 5.66. The minimum atomic E-state index is 0.817. The topological polar surface area (TPSA) is 25.8 Å². The third-order valence-corrected chi connectivity index (χ3v) is 1.14. The molecule has 0 atom stereocenters. The summed E-state index contributed by atoms with van der Waals surface area (Å²) < 4.78 is 0. The average molecular weight is 132 g/mol. The highest BCUT2D eigenvalue weighted by Crippen LogP contribution is 1.97. The maximum atomic E-state index is 3.98. The first-order chi connectivity index (χ1) is 4.84. The molecule has 0 spiro atoms. The monoisotopic (exact) mass is 132 g/mol. The van der Waals surface area contributed by atoms with E-state index in [4.69, 9.17) is 0 Å². The molecule has 1 rings (SSSR count). The zero-order valence-corrected chi connectivity index (χ0v) is 6.05. The van der Waals surface area contributed by atoms with Crippen LogP contribution in [-0.4, -0.2) is 9.97 Å². The van der Waals surface area contributed by atoms with Crippen molar-refractivity contribution in [1.82, 2.24) is 9.97 Å². The van der Waals surface area contributed by atoms with Crippen LogP contribution in [0.2, 0.25) is 0 Å². The second-order valence-electron chi connectivity index (χ2n) is 1.93. The summed E-state index contributed by atoms with van der Waals surface area (Å²) in [4.78, 5) is 7.83. The molecule has 0 N–H and O–H groups in total. The number of aryl methyl sites for hydroxylation is 1. The Morgan fingerprint density at radius 3 is 2.90 bits per heavy atom. The van der Waals surface area contributed by atoms with E-state index in [-0.39, 0.29) is 0 Å². The van der Waals surface area contributed by atoms with Crippen LogP contribution in [-0.2, 0) is 0 Å². The van der Waals surface area contributed by atoms with Crippen LogP contribution in [0.5, 0.6) is 0 Å². The van der Waals surface area contributed by atoms with Gasteiger partial charge in [0, 0.05) is 11.8 Å². The minimum absolute atomic E-state index is 0.817. The summed E-state index contributed by atoms with van der Waals surface area (Å²) in [6.45, 7) is 3.74. The standard InChI is InChI=1S/C8H8N2/c1-3-4-8-7(2)5-9-6-10-8/h5-6H,1-2H3. The first-order valence-electron chi connectivity index (χ1n) is 3.04. The predicted molar refractivity (Wildman–Crippen MR) is 39.3 cm³/mol. The molecule has 50 valence electrons. The molecule has 0 aliphatic heterocycles. The molecule has 0 fully saturated rings. The van der Waals surface area contributed by atoms with Crippen molar-refractivity contribution in [3.63, 3.8) is 0 Å². The molecule has 0 unspecified atom stereocenters. The van der Waals surface area contributed by atoms with Crippen molar-refractivity contribution in [2.24, 2.45) is 0 Å². The van der Waals surface area contributed by atoms with Crippen LogP contribution in [0.25, 0.3) is 0 Å². The maximum absolute atomic E-state index is 3.98. The van der Waals surface area contributed by atoms with Crippen molar-refractivity contribution in [3.8, 4) is 11.8 Å². The summed E-state index contributed by atoms with van der Waals surface area (Å²) in [7, 11) is 0. The van der Waals surface area contributed by atoms with Gasteiger partial charge in [-0.1, -0.05) is 5.92 Å². The highest BCUT2D eigenvalue weighted by atomic mass is 14.8. The Morgan fingerprint density at radius 1 is 1.50 bits per heavy atom. The van der Waals surface area contributed by atoms with E-state index in [0.717, 1.165) is 11.3 Å². The van der Waals surface area contributed by atoms with Gasteiger partial charge in [0.2, 0.25) is 0 Å². The van der Waals surface area contributed by atoms with Gasteiger partial charge in [-0.15, -0.1) is 0 Å². The van der Waals surface area contributed by atoms with E-state index >= 15 is 0 Å². The van der Waals surface area contributed by atoms with E-state index < -0.39 is 0 Å². The van der Waals surface area contributed by atoms with Crippen LogP contribution in [0.3, 0.4) is 0 Å². The van der Waals surface area contributed by atoms with Crippen LogP contribution in [0, 0.1) is 18.8 Å². The lowest BCUT2D eigenvalue weighted by Crippen LogP contribution is -1.87. The van der Waals surface area contributed by atoms with E-state index in [2.05, 4.69) is 21.8 Å². The molecule has 1 aromatic rings. The lowest BCUT2D eigenvalue weighted by molar-refractivity contribution is 1.11. The molecule has 0 amide bonds. The second-order valence-corrected chi connectivity index (χ2v) is 1.93. The fraction of sp³-hybridized carbons (Fsp3) is 0.250. The van der Waals surface area contributed by atoms with Crippen molar-refractivity contribution in [2.75, 3.05) is 0 Å². The largest absolute Gasteiger partial charge is 0.244 e. The smallest absolute Gasteiger partial charge is 0.119 e. The molecule has 0 aliphatic carbocycles. The Balaban J connectivity index is 3.11. The van der Waals surface area contributed by atoms with Gasteiger partial charge >= 0.3 is 0 Å². The zero-order valence-electron chi connectivity index (χ0n) is 6.05. The Morgan fingerprint density at radius 2 is 2.30 bits per heavy atom. The lowest BCUT2D eigenvalue weighted by Gasteiger charge is -1.91. The summed E-state index contributed by atoms with van der Waals surface area (Å²) >= 11 is 0. The SMILES string of the molecule is CC#Cc1ncncc1C. The molecule has 1 aromatic heterocycles. The van der Waals surface area contributed by atoms with Crippen LogP contribution >= 0.6 is 0 Å². The van der Waals surface area contributed by atoms with Gasteiger partial charge in [-0.3, -0.25) is 0 Å². The summed E-state index contributed by atoms with van der Waals surface area (Å²) in [6, 6.07) is 0. The predicted octanol–water partition coefficient (Wildman–Crippen LogP) is 1.16. The molecule has 0 saturated heterocycles. The Hall–Kier alpha value is -1.36. The highest BCUT2D eigenvalue weighted by molar-refractivity contribution is 5.31. The third kappa shape index (κ3) is 1.32. The first kappa shape index (κ1) is 6.76. The van der Waals surface area contributed by atoms with Crippen molar-refractivity contribution in [1.29, 1.82) is 0 Å². The molecule has 10 heavy (non-hydrogen) atoms. The van der Waals surface area contributed by atoms with Crippen molar-refractivity contribution in [3.05, 3.63) is 23.8 Å². The first-order valence-corrected chi connectivity index (χ1v) is 3.04. The van der Waals surface area contributed by atoms with E-state index in [1.54, 1.807) is 13.1 Å².